The van der Waals surface area contributed by atoms with Crippen molar-refractivity contribution in [2.75, 3.05) is 13.7 Å². The van der Waals surface area contributed by atoms with Crippen LogP contribution in [0.4, 0.5) is 0 Å². The minimum absolute atomic E-state index is 0.178. The van der Waals surface area contributed by atoms with E-state index in [2.05, 4.69) is 31.3 Å². The molecule has 6 amide bonds. The van der Waals surface area contributed by atoms with Gasteiger partial charge in [-0.15, -0.1) is 0 Å². The quantitative estimate of drug-likeness (QED) is 0.180. The largest absolute Gasteiger partial charge is 0.468 e. The standard InChI is InChI=1S/C28H46N6O8/c1-14(2)22(26(39)29-13-21(36)42-7)33-25(38)20-12-11-18-9-8-10-19(28(41)34(18)20)32-24(37)16(5)30-27(40)23(15(3)4)31-17(6)35/h14-16,18-20,22-23H,8-13H2,1-7H3,(H,29,39)(H,30,40)(H,31,35)(H,32,37)(H,33,38)/t16-,18-,19-,20-,22-,23-/m0/s1. The van der Waals surface area contributed by atoms with Gasteiger partial charge in [0, 0.05) is 13.0 Å². The Hall–Kier alpha value is -3.71. The second kappa shape index (κ2) is 15.5. The van der Waals surface area contributed by atoms with Crippen molar-refractivity contribution in [2.45, 2.75) is 110 Å². The first-order chi connectivity index (χ1) is 19.7. The molecule has 2 rings (SSSR count). The van der Waals surface area contributed by atoms with Crippen molar-refractivity contribution in [3.05, 3.63) is 0 Å². The summed E-state index contributed by atoms with van der Waals surface area (Å²) < 4.78 is 4.54. The summed E-state index contributed by atoms with van der Waals surface area (Å²) in [5, 5.41) is 13.1. The summed E-state index contributed by atoms with van der Waals surface area (Å²) in [6.45, 7) is 9.50. The van der Waals surface area contributed by atoms with Crippen molar-refractivity contribution in [1.82, 2.24) is 31.5 Å². The van der Waals surface area contributed by atoms with E-state index in [0.29, 0.717) is 32.1 Å². The zero-order valence-electron chi connectivity index (χ0n) is 25.6. The van der Waals surface area contributed by atoms with Crippen LogP contribution in [0.25, 0.3) is 0 Å². The van der Waals surface area contributed by atoms with Gasteiger partial charge in [-0.3, -0.25) is 33.6 Å². The minimum Gasteiger partial charge on any atom is -0.468 e. The van der Waals surface area contributed by atoms with E-state index in [-0.39, 0.29) is 30.3 Å². The van der Waals surface area contributed by atoms with Crippen LogP contribution < -0.4 is 26.6 Å². The molecule has 0 bridgehead atoms. The molecule has 0 aromatic carbocycles. The zero-order chi connectivity index (χ0) is 31.7. The van der Waals surface area contributed by atoms with E-state index < -0.39 is 65.7 Å². The molecule has 2 saturated heterocycles. The molecule has 0 aromatic rings. The van der Waals surface area contributed by atoms with Gasteiger partial charge in [-0.1, -0.05) is 27.7 Å². The second-order valence-corrected chi connectivity index (χ2v) is 11.7. The number of methoxy groups -OCH3 is 1. The van der Waals surface area contributed by atoms with E-state index in [0.717, 1.165) is 0 Å². The van der Waals surface area contributed by atoms with Crippen molar-refractivity contribution in [3.8, 4) is 0 Å². The van der Waals surface area contributed by atoms with Crippen LogP contribution >= 0.6 is 0 Å². The summed E-state index contributed by atoms with van der Waals surface area (Å²) in [4.78, 5) is 89.9. The zero-order valence-corrected chi connectivity index (χ0v) is 25.6. The van der Waals surface area contributed by atoms with Gasteiger partial charge in [-0.25, -0.2) is 0 Å². The number of ether oxygens (including phenoxy) is 1. The molecule has 0 aromatic heterocycles. The van der Waals surface area contributed by atoms with Crippen molar-refractivity contribution in [3.63, 3.8) is 0 Å². The maximum Gasteiger partial charge on any atom is 0.325 e. The molecule has 14 heteroatoms. The first kappa shape index (κ1) is 34.5. The van der Waals surface area contributed by atoms with Crippen LogP contribution in [-0.2, 0) is 38.3 Å². The molecule has 2 heterocycles. The molecule has 2 aliphatic rings. The third-order valence-electron chi connectivity index (χ3n) is 7.65. The van der Waals surface area contributed by atoms with Gasteiger partial charge >= 0.3 is 5.97 Å². The summed E-state index contributed by atoms with van der Waals surface area (Å²) in [5.41, 5.74) is 0. The van der Waals surface area contributed by atoms with Gasteiger partial charge in [0.1, 0.15) is 36.8 Å². The molecular weight excluding hydrogens is 548 g/mol. The topological polar surface area (TPSA) is 192 Å². The van der Waals surface area contributed by atoms with E-state index in [9.17, 15) is 33.6 Å². The highest BCUT2D eigenvalue weighted by Gasteiger charge is 2.45. The molecule has 0 saturated carbocycles. The fourth-order valence-corrected chi connectivity index (χ4v) is 5.30. The van der Waals surface area contributed by atoms with Gasteiger partial charge in [0.25, 0.3) is 0 Å². The maximum atomic E-state index is 13.7. The van der Waals surface area contributed by atoms with E-state index in [4.69, 9.17) is 0 Å². The van der Waals surface area contributed by atoms with Crippen LogP contribution in [0.2, 0.25) is 0 Å². The van der Waals surface area contributed by atoms with Gasteiger partial charge in [0.05, 0.1) is 7.11 Å². The van der Waals surface area contributed by atoms with E-state index in [1.165, 1.54) is 25.9 Å². The monoisotopic (exact) mass is 594 g/mol. The average Bonchev–Trinajstić information content (AvgIpc) is 3.28. The van der Waals surface area contributed by atoms with Crippen LogP contribution in [0.3, 0.4) is 0 Å². The molecule has 42 heavy (non-hydrogen) atoms. The van der Waals surface area contributed by atoms with Crippen molar-refractivity contribution >= 4 is 41.4 Å². The number of nitrogens with one attached hydrogen (secondary N) is 5. The maximum absolute atomic E-state index is 13.7. The third-order valence-corrected chi connectivity index (χ3v) is 7.65. The Balaban J connectivity index is 2.09. The number of amides is 6. The van der Waals surface area contributed by atoms with Crippen molar-refractivity contribution in [2.24, 2.45) is 11.8 Å². The summed E-state index contributed by atoms with van der Waals surface area (Å²) in [5.74, 6) is -4.00. The Kier molecular flexibility index (Phi) is 12.7. The molecule has 0 aliphatic carbocycles. The summed E-state index contributed by atoms with van der Waals surface area (Å²) >= 11 is 0. The van der Waals surface area contributed by atoms with Crippen molar-refractivity contribution in [1.29, 1.82) is 0 Å². The number of carbonyl (C=O) groups excluding carboxylic acids is 7. The molecule has 6 atom stereocenters. The second-order valence-electron chi connectivity index (χ2n) is 11.7. The Morgan fingerprint density at radius 2 is 1.45 bits per heavy atom. The van der Waals surface area contributed by atoms with Gasteiger partial charge in [-0.2, -0.15) is 0 Å². The average molecular weight is 595 g/mol. The number of hydrogen-bond acceptors (Lipinski definition) is 8. The number of hydrogen-bond donors (Lipinski definition) is 5. The van der Waals surface area contributed by atoms with Crippen LogP contribution in [0, 0.1) is 11.8 Å². The summed E-state index contributed by atoms with van der Waals surface area (Å²) in [6, 6.07) is -4.63. The lowest BCUT2D eigenvalue weighted by Crippen LogP contribution is -2.59. The molecule has 0 radical (unpaired) electrons. The van der Waals surface area contributed by atoms with E-state index in [1.54, 1.807) is 27.7 Å². The van der Waals surface area contributed by atoms with Crippen LogP contribution in [0.1, 0.15) is 73.6 Å². The molecule has 14 nitrogen and oxygen atoms in total. The molecule has 2 aliphatic heterocycles. The van der Waals surface area contributed by atoms with Gasteiger partial charge in [0.2, 0.25) is 35.4 Å². The van der Waals surface area contributed by atoms with Gasteiger partial charge in [0.15, 0.2) is 0 Å². The first-order valence-corrected chi connectivity index (χ1v) is 14.5. The summed E-state index contributed by atoms with van der Waals surface area (Å²) in [7, 11) is 1.20. The predicted octanol–water partition coefficient (Wildman–Crippen LogP) is -0.890. The molecule has 0 unspecified atom stereocenters. The van der Waals surface area contributed by atoms with Crippen LogP contribution in [0.15, 0.2) is 0 Å². The smallest absolute Gasteiger partial charge is 0.325 e. The molecule has 236 valence electrons. The molecule has 2 fully saturated rings. The first-order valence-electron chi connectivity index (χ1n) is 14.5. The summed E-state index contributed by atoms with van der Waals surface area (Å²) in [6.07, 6.45) is 2.70. The molecule has 5 N–H and O–H groups in total. The van der Waals surface area contributed by atoms with Crippen molar-refractivity contribution < 1.29 is 38.3 Å². The lowest BCUT2D eigenvalue weighted by atomic mass is 10.0. The van der Waals surface area contributed by atoms with E-state index >= 15 is 0 Å². The normalized spacial score (nSPS) is 22.3. The van der Waals surface area contributed by atoms with Gasteiger partial charge in [-0.05, 0) is 50.9 Å². The lowest BCUT2D eigenvalue weighted by molar-refractivity contribution is -0.144. The number of carbonyl (C=O) groups is 7. The molecule has 0 spiro atoms. The highest BCUT2D eigenvalue weighted by atomic mass is 16.5. The Morgan fingerprint density at radius 3 is 2.02 bits per heavy atom. The van der Waals surface area contributed by atoms with Gasteiger partial charge < -0.3 is 36.2 Å². The highest BCUT2D eigenvalue weighted by Crippen LogP contribution is 2.32. The highest BCUT2D eigenvalue weighted by molar-refractivity contribution is 5.97. The fraction of sp³-hybridized carbons (Fsp3) is 0.750. The van der Waals surface area contributed by atoms with Crippen LogP contribution in [-0.4, -0.2) is 96.2 Å². The number of esters is 1. The lowest BCUT2D eigenvalue weighted by Gasteiger charge is -2.32. The molecular formula is C28H46N6O8. The number of rotatable bonds is 12. The Bertz CT molecular complexity index is 1050. The third kappa shape index (κ3) is 9.15. The number of nitrogens with zero attached hydrogens (tertiary/aromatic N) is 1. The Morgan fingerprint density at radius 1 is 0.833 bits per heavy atom. The predicted molar refractivity (Wildman–Crippen MR) is 151 cm³/mol. The van der Waals surface area contributed by atoms with E-state index in [1.807, 2.05) is 0 Å². The SMILES string of the molecule is COC(=O)CNC(=O)[C@@H](NC(=O)[C@@H]1CC[C@@H]2CCC[C@H](NC(=O)[C@H](C)NC(=O)[C@@H](NC(C)=O)C(C)C)C(=O)N21)C(C)C. The Labute approximate surface area is 246 Å². The fourth-order valence-electron chi connectivity index (χ4n) is 5.30. The number of fused-ring (bicyclic) bond motifs is 1. The minimum atomic E-state index is -0.979. The van der Waals surface area contributed by atoms with Crippen LogP contribution in [0.5, 0.6) is 0 Å².